The first-order chi connectivity index (χ1) is 7.97. The summed E-state index contributed by atoms with van der Waals surface area (Å²) in [7, 11) is 0. The fraction of sp³-hybridized carbons (Fsp3) is 0.571. The molecule has 1 fully saturated rings. The van der Waals surface area contributed by atoms with Gasteiger partial charge in [-0.15, -0.1) is 0 Å². The molecule has 0 bridgehead atoms. The van der Waals surface area contributed by atoms with Crippen molar-refractivity contribution in [1.82, 2.24) is 0 Å². The van der Waals surface area contributed by atoms with Gasteiger partial charge in [0, 0.05) is 17.9 Å². The molecule has 2 N–H and O–H groups in total. The lowest BCUT2D eigenvalue weighted by Crippen LogP contribution is -2.61. The van der Waals surface area contributed by atoms with Crippen LogP contribution in [-0.4, -0.2) is 12.1 Å². The maximum absolute atomic E-state index is 13.6. The van der Waals surface area contributed by atoms with Crippen LogP contribution in [0.1, 0.15) is 32.3 Å². The van der Waals surface area contributed by atoms with Crippen LogP contribution in [0.5, 0.6) is 5.75 Å². The van der Waals surface area contributed by atoms with Crippen LogP contribution in [0.2, 0.25) is 0 Å². The smallest absolute Gasteiger partial charge is 0.165 e. The average Bonchev–Trinajstić information content (AvgIpc) is 2.32. The molecule has 1 aliphatic carbocycles. The highest BCUT2D eigenvalue weighted by Crippen LogP contribution is 2.45. The lowest BCUT2D eigenvalue weighted by Gasteiger charge is -2.51. The van der Waals surface area contributed by atoms with Gasteiger partial charge in [-0.05, 0) is 31.0 Å². The van der Waals surface area contributed by atoms with Gasteiger partial charge in [0.1, 0.15) is 6.10 Å². The lowest BCUT2D eigenvalue weighted by atomic mass is 9.62. The minimum atomic E-state index is -0.297. The van der Waals surface area contributed by atoms with Crippen LogP contribution in [0.3, 0.4) is 0 Å². The maximum atomic E-state index is 13.6. The molecule has 0 heterocycles. The molecule has 0 saturated heterocycles. The summed E-state index contributed by atoms with van der Waals surface area (Å²) in [4.78, 5) is 0. The van der Waals surface area contributed by atoms with Gasteiger partial charge in [-0.25, -0.2) is 4.39 Å². The van der Waals surface area contributed by atoms with Crippen molar-refractivity contribution < 1.29 is 9.13 Å². The Balaban J connectivity index is 2.14. The summed E-state index contributed by atoms with van der Waals surface area (Å²) < 4.78 is 19.4. The zero-order valence-electron chi connectivity index (χ0n) is 10.7. The van der Waals surface area contributed by atoms with E-state index in [2.05, 4.69) is 13.8 Å². The normalized spacial score (nSPS) is 32.1. The predicted octanol–water partition coefficient (Wildman–Crippen LogP) is 3.03. The van der Waals surface area contributed by atoms with Crippen molar-refractivity contribution in [2.75, 3.05) is 0 Å². The first-order valence-corrected chi connectivity index (χ1v) is 6.15. The molecule has 3 atom stereocenters. The zero-order valence-corrected chi connectivity index (χ0v) is 10.7. The Morgan fingerprint density at radius 2 is 2.24 bits per heavy atom. The molecule has 1 aromatic rings. The molecule has 0 aliphatic heterocycles. The van der Waals surface area contributed by atoms with E-state index in [1.807, 2.05) is 6.92 Å². The zero-order chi connectivity index (χ0) is 12.6. The minimum absolute atomic E-state index is 0.0267. The fourth-order valence-corrected chi connectivity index (χ4v) is 2.37. The lowest BCUT2D eigenvalue weighted by molar-refractivity contribution is -0.0577. The summed E-state index contributed by atoms with van der Waals surface area (Å²) in [6.07, 6.45) is 1.78. The van der Waals surface area contributed by atoms with E-state index in [1.54, 1.807) is 12.1 Å². The van der Waals surface area contributed by atoms with Crippen molar-refractivity contribution >= 4 is 0 Å². The SMILES string of the molecule is CCC1(C)C(N)CC1Oc1cc(C)ccc1F. The van der Waals surface area contributed by atoms with Gasteiger partial charge in [0.05, 0.1) is 0 Å². The number of halogens is 1. The fourth-order valence-electron chi connectivity index (χ4n) is 2.37. The molecular formula is C14H20FNO. The summed E-state index contributed by atoms with van der Waals surface area (Å²) in [6, 6.07) is 5.10. The second-order valence-corrected chi connectivity index (χ2v) is 5.24. The highest BCUT2D eigenvalue weighted by Gasteiger charge is 2.50. The minimum Gasteiger partial charge on any atom is -0.487 e. The van der Waals surface area contributed by atoms with Crippen molar-refractivity contribution in [3.05, 3.63) is 29.6 Å². The summed E-state index contributed by atoms with van der Waals surface area (Å²) >= 11 is 0. The van der Waals surface area contributed by atoms with Crippen molar-refractivity contribution in [2.45, 2.75) is 45.8 Å². The van der Waals surface area contributed by atoms with Gasteiger partial charge in [0.2, 0.25) is 0 Å². The Morgan fingerprint density at radius 1 is 1.53 bits per heavy atom. The van der Waals surface area contributed by atoms with Gasteiger partial charge in [0.15, 0.2) is 11.6 Å². The van der Waals surface area contributed by atoms with E-state index in [-0.39, 0.29) is 23.4 Å². The van der Waals surface area contributed by atoms with Crippen molar-refractivity contribution in [3.63, 3.8) is 0 Å². The van der Waals surface area contributed by atoms with Crippen LogP contribution < -0.4 is 10.5 Å². The molecule has 1 saturated carbocycles. The summed E-state index contributed by atoms with van der Waals surface area (Å²) in [5, 5.41) is 0. The van der Waals surface area contributed by atoms with Gasteiger partial charge in [0.25, 0.3) is 0 Å². The number of hydrogen-bond acceptors (Lipinski definition) is 2. The standard InChI is InChI=1S/C14H20FNO/c1-4-14(3)12(16)8-13(14)17-11-7-9(2)5-6-10(11)15/h5-7,12-13H,4,8,16H2,1-3H3. The van der Waals surface area contributed by atoms with Gasteiger partial charge in [-0.1, -0.05) is 19.9 Å². The first-order valence-electron chi connectivity index (χ1n) is 6.15. The molecule has 0 aromatic heterocycles. The molecule has 1 aromatic carbocycles. The third-order valence-electron chi connectivity index (χ3n) is 4.17. The number of hydrogen-bond donors (Lipinski definition) is 1. The van der Waals surface area contributed by atoms with Gasteiger partial charge < -0.3 is 10.5 Å². The molecule has 0 radical (unpaired) electrons. The Bertz CT molecular complexity index is 421. The molecule has 0 amide bonds. The monoisotopic (exact) mass is 237 g/mol. The number of rotatable bonds is 3. The predicted molar refractivity (Wildman–Crippen MR) is 66.5 cm³/mol. The van der Waals surface area contributed by atoms with Crippen LogP contribution in [0.15, 0.2) is 18.2 Å². The van der Waals surface area contributed by atoms with Crippen LogP contribution in [-0.2, 0) is 0 Å². The van der Waals surface area contributed by atoms with E-state index in [4.69, 9.17) is 10.5 Å². The van der Waals surface area contributed by atoms with E-state index < -0.39 is 0 Å². The first kappa shape index (κ1) is 12.4. The number of benzene rings is 1. The Hall–Kier alpha value is -1.09. The van der Waals surface area contributed by atoms with Crippen molar-refractivity contribution in [1.29, 1.82) is 0 Å². The Labute approximate surface area is 102 Å². The van der Waals surface area contributed by atoms with Crippen LogP contribution in [0, 0.1) is 18.2 Å². The molecule has 1 aliphatic rings. The highest BCUT2D eigenvalue weighted by molar-refractivity contribution is 5.30. The second kappa shape index (κ2) is 4.30. The molecule has 3 heteroatoms. The summed E-state index contributed by atoms with van der Waals surface area (Å²) in [6.45, 7) is 6.14. The number of nitrogens with two attached hydrogens (primary N) is 1. The van der Waals surface area contributed by atoms with E-state index >= 15 is 0 Å². The molecule has 2 nitrogen and oxygen atoms in total. The van der Waals surface area contributed by atoms with Gasteiger partial charge in [-0.2, -0.15) is 0 Å². The van der Waals surface area contributed by atoms with Gasteiger partial charge in [-0.3, -0.25) is 0 Å². The largest absolute Gasteiger partial charge is 0.487 e. The molecule has 17 heavy (non-hydrogen) atoms. The van der Waals surface area contributed by atoms with E-state index in [0.717, 1.165) is 18.4 Å². The van der Waals surface area contributed by atoms with E-state index in [1.165, 1.54) is 6.07 Å². The second-order valence-electron chi connectivity index (χ2n) is 5.24. The van der Waals surface area contributed by atoms with Crippen molar-refractivity contribution in [2.24, 2.45) is 11.1 Å². The quantitative estimate of drug-likeness (QED) is 0.877. The Kier molecular flexibility index (Phi) is 3.13. The topological polar surface area (TPSA) is 35.2 Å². The maximum Gasteiger partial charge on any atom is 0.165 e. The average molecular weight is 237 g/mol. The molecule has 0 spiro atoms. The van der Waals surface area contributed by atoms with Crippen LogP contribution >= 0.6 is 0 Å². The molecule has 94 valence electrons. The number of aryl methyl sites for hydroxylation is 1. The van der Waals surface area contributed by atoms with Gasteiger partial charge >= 0.3 is 0 Å². The third-order valence-corrected chi connectivity index (χ3v) is 4.17. The molecule has 3 unspecified atom stereocenters. The third kappa shape index (κ3) is 2.04. The summed E-state index contributed by atoms with van der Waals surface area (Å²) in [5.74, 6) is 0.0519. The molecular weight excluding hydrogens is 217 g/mol. The molecule has 2 rings (SSSR count). The highest BCUT2D eigenvalue weighted by atomic mass is 19.1. The van der Waals surface area contributed by atoms with Crippen molar-refractivity contribution in [3.8, 4) is 5.75 Å². The number of ether oxygens (including phenoxy) is 1. The summed E-state index contributed by atoms with van der Waals surface area (Å²) in [5.41, 5.74) is 6.98. The van der Waals surface area contributed by atoms with E-state index in [0.29, 0.717) is 5.75 Å². The Morgan fingerprint density at radius 3 is 2.82 bits per heavy atom. The van der Waals surface area contributed by atoms with Crippen LogP contribution in [0.4, 0.5) is 4.39 Å². The van der Waals surface area contributed by atoms with Crippen LogP contribution in [0.25, 0.3) is 0 Å². The van der Waals surface area contributed by atoms with E-state index in [9.17, 15) is 4.39 Å².